The number of hydrogen-bond donors (Lipinski definition) is 0. The number of rotatable bonds is 1. The number of carbonyl (C=O) groups is 1. The van der Waals surface area contributed by atoms with Crippen LogP contribution in [0.2, 0.25) is 0 Å². The van der Waals surface area contributed by atoms with E-state index in [0.717, 1.165) is 0 Å². The first kappa shape index (κ1) is 8.13. The molecule has 0 aromatic rings. The topological polar surface area (TPSA) is 44.8 Å². The summed E-state index contributed by atoms with van der Waals surface area (Å²) in [6.07, 6.45) is -0.578. The highest BCUT2D eigenvalue weighted by Crippen LogP contribution is 2.27. The van der Waals surface area contributed by atoms with E-state index in [9.17, 15) is 4.79 Å². The summed E-state index contributed by atoms with van der Waals surface area (Å²) in [6, 6.07) is 0. The second-order valence-corrected chi connectivity index (χ2v) is 3.15. The highest BCUT2D eigenvalue weighted by Gasteiger charge is 2.44. The average Bonchev–Trinajstić information content (AvgIpc) is 2.44. The summed E-state index contributed by atoms with van der Waals surface area (Å²) in [6.45, 7) is 0.579. The Hall–Kier alpha value is -0.480. The van der Waals surface area contributed by atoms with Gasteiger partial charge in [0.1, 0.15) is 12.2 Å². The van der Waals surface area contributed by atoms with Gasteiger partial charge in [-0.05, 0) is 0 Å². The van der Waals surface area contributed by atoms with Crippen LogP contribution in [0.25, 0.3) is 0 Å². The van der Waals surface area contributed by atoms with Gasteiger partial charge in [0, 0.05) is 6.42 Å². The van der Waals surface area contributed by atoms with Crippen molar-refractivity contribution in [2.45, 2.75) is 24.7 Å². The molecule has 0 aromatic carbocycles. The molecule has 5 heteroatoms. The van der Waals surface area contributed by atoms with Crippen molar-refractivity contribution in [2.75, 3.05) is 12.5 Å². The Morgan fingerprint density at radius 1 is 1.50 bits per heavy atom. The fourth-order valence-electron chi connectivity index (χ4n) is 1.51. The maximum absolute atomic E-state index is 10.7. The predicted molar refractivity (Wildman–Crippen MR) is 40.2 cm³/mol. The van der Waals surface area contributed by atoms with Gasteiger partial charge in [-0.3, -0.25) is 0 Å². The molecule has 12 heavy (non-hydrogen) atoms. The third kappa shape index (κ3) is 1.25. The van der Waals surface area contributed by atoms with Crippen molar-refractivity contribution >= 4 is 17.8 Å². The largest absolute Gasteiger partial charge is 0.509 e. The first-order valence-electron chi connectivity index (χ1n) is 3.86. The van der Waals surface area contributed by atoms with E-state index in [1.807, 2.05) is 0 Å². The van der Waals surface area contributed by atoms with Crippen LogP contribution in [-0.4, -0.2) is 37.0 Å². The van der Waals surface area contributed by atoms with Gasteiger partial charge >= 0.3 is 6.16 Å². The Morgan fingerprint density at radius 3 is 3.08 bits per heavy atom. The van der Waals surface area contributed by atoms with Crippen LogP contribution in [0.15, 0.2) is 0 Å². The van der Waals surface area contributed by atoms with Crippen LogP contribution in [0.5, 0.6) is 0 Å². The lowest BCUT2D eigenvalue weighted by Gasteiger charge is -2.28. The Labute approximate surface area is 74.7 Å². The van der Waals surface area contributed by atoms with Crippen molar-refractivity contribution in [2.24, 2.45) is 0 Å². The molecule has 2 fully saturated rings. The molecule has 2 heterocycles. The molecule has 2 saturated heterocycles. The molecule has 2 aliphatic rings. The summed E-state index contributed by atoms with van der Waals surface area (Å²) in [7, 11) is 0. The van der Waals surface area contributed by atoms with Crippen molar-refractivity contribution in [1.82, 2.24) is 0 Å². The predicted octanol–water partition coefficient (Wildman–Crippen LogP) is 0.918. The minimum absolute atomic E-state index is 0.157. The lowest BCUT2D eigenvalue weighted by Crippen LogP contribution is -2.43. The monoisotopic (exact) mass is 192 g/mol. The van der Waals surface area contributed by atoms with Crippen LogP contribution in [0.4, 0.5) is 4.79 Å². The van der Waals surface area contributed by atoms with Crippen molar-refractivity contribution < 1.29 is 19.0 Å². The van der Waals surface area contributed by atoms with E-state index in [1.54, 1.807) is 0 Å². The number of fused-ring (bicyclic) bond motifs is 1. The van der Waals surface area contributed by atoms with Gasteiger partial charge in [0.25, 0.3) is 0 Å². The highest BCUT2D eigenvalue weighted by atomic mass is 35.5. The number of halogens is 1. The molecule has 3 atom stereocenters. The standard InChI is InChI=1S/C7H9ClO4/c8-3-5-6-4(1-2-10-5)11-7(9)12-6/h4-6H,1-3H2. The molecule has 0 saturated carbocycles. The average molecular weight is 193 g/mol. The summed E-state index contributed by atoms with van der Waals surface area (Å²) < 4.78 is 15.1. The SMILES string of the molecule is O=C1OC2CCOC(CCl)C2O1. The highest BCUT2D eigenvalue weighted by molar-refractivity contribution is 6.18. The van der Waals surface area contributed by atoms with Crippen LogP contribution in [-0.2, 0) is 14.2 Å². The molecule has 0 aromatic heterocycles. The Balaban J connectivity index is 2.07. The maximum atomic E-state index is 10.7. The van der Waals surface area contributed by atoms with E-state index < -0.39 is 6.16 Å². The second kappa shape index (κ2) is 3.11. The second-order valence-electron chi connectivity index (χ2n) is 2.84. The lowest BCUT2D eigenvalue weighted by atomic mass is 10.0. The molecule has 0 amide bonds. The summed E-state index contributed by atoms with van der Waals surface area (Å²) in [5.41, 5.74) is 0. The van der Waals surface area contributed by atoms with Gasteiger partial charge in [0.05, 0.1) is 12.5 Å². The van der Waals surface area contributed by atoms with Crippen LogP contribution in [0.3, 0.4) is 0 Å². The van der Waals surface area contributed by atoms with Gasteiger partial charge in [-0.25, -0.2) is 4.79 Å². The van der Waals surface area contributed by atoms with Crippen molar-refractivity contribution in [3.05, 3.63) is 0 Å². The summed E-state index contributed by atoms with van der Waals surface area (Å²) in [5, 5.41) is 0. The molecule has 0 aliphatic carbocycles. The van der Waals surface area contributed by atoms with Gasteiger partial charge in [0.2, 0.25) is 0 Å². The quantitative estimate of drug-likeness (QED) is 0.458. The molecule has 0 N–H and O–H groups in total. The van der Waals surface area contributed by atoms with Crippen LogP contribution >= 0.6 is 11.6 Å². The molecule has 0 bridgehead atoms. The smallest absolute Gasteiger partial charge is 0.427 e. The molecule has 0 radical (unpaired) electrons. The fraction of sp³-hybridized carbons (Fsp3) is 0.857. The maximum Gasteiger partial charge on any atom is 0.509 e. The van der Waals surface area contributed by atoms with Crippen LogP contribution < -0.4 is 0 Å². The van der Waals surface area contributed by atoms with Gasteiger partial charge in [-0.2, -0.15) is 0 Å². The van der Waals surface area contributed by atoms with Crippen LogP contribution in [0.1, 0.15) is 6.42 Å². The molecule has 2 aliphatic heterocycles. The molecular formula is C7H9ClO4. The number of hydrogen-bond acceptors (Lipinski definition) is 4. The number of ether oxygens (including phenoxy) is 3. The fourth-order valence-corrected chi connectivity index (χ4v) is 1.77. The number of alkyl halides is 1. The van der Waals surface area contributed by atoms with Crippen molar-refractivity contribution in [3.63, 3.8) is 0 Å². The van der Waals surface area contributed by atoms with E-state index in [4.69, 9.17) is 25.8 Å². The zero-order valence-corrected chi connectivity index (χ0v) is 7.12. The first-order valence-corrected chi connectivity index (χ1v) is 4.39. The Bertz CT molecular complexity index is 196. The van der Waals surface area contributed by atoms with Crippen molar-refractivity contribution in [3.8, 4) is 0 Å². The van der Waals surface area contributed by atoms with Gasteiger partial charge in [0.15, 0.2) is 6.10 Å². The third-order valence-electron chi connectivity index (χ3n) is 2.10. The third-order valence-corrected chi connectivity index (χ3v) is 2.40. The first-order chi connectivity index (χ1) is 5.81. The molecule has 0 spiro atoms. The Kier molecular flexibility index (Phi) is 2.11. The molecule has 4 nitrogen and oxygen atoms in total. The zero-order chi connectivity index (χ0) is 8.55. The van der Waals surface area contributed by atoms with E-state index in [0.29, 0.717) is 18.9 Å². The van der Waals surface area contributed by atoms with E-state index in [1.165, 1.54) is 0 Å². The summed E-state index contributed by atoms with van der Waals surface area (Å²) in [5.74, 6) is 0.331. The van der Waals surface area contributed by atoms with E-state index in [-0.39, 0.29) is 18.3 Å². The zero-order valence-electron chi connectivity index (χ0n) is 6.36. The molecular weight excluding hydrogens is 184 g/mol. The lowest BCUT2D eigenvalue weighted by molar-refractivity contribution is -0.0716. The molecule has 3 unspecified atom stereocenters. The van der Waals surface area contributed by atoms with Crippen molar-refractivity contribution in [1.29, 1.82) is 0 Å². The molecule has 68 valence electrons. The van der Waals surface area contributed by atoms with Crippen LogP contribution in [0, 0.1) is 0 Å². The van der Waals surface area contributed by atoms with E-state index >= 15 is 0 Å². The Morgan fingerprint density at radius 2 is 2.33 bits per heavy atom. The summed E-state index contributed by atoms with van der Waals surface area (Å²) >= 11 is 5.62. The molecule has 2 rings (SSSR count). The van der Waals surface area contributed by atoms with Gasteiger partial charge in [-0.1, -0.05) is 0 Å². The minimum Gasteiger partial charge on any atom is -0.427 e. The van der Waals surface area contributed by atoms with Gasteiger partial charge < -0.3 is 14.2 Å². The van der Waals surface area contributed by atoms with E-state index in [2.05, 4.69) is 0 Å². The summed E-state index contributed by atoms with van der Waals surface area (Å²) in [4.78, 5) is 10.7. The number of carbonyl (C=O) groups excluding carboxylic acids is 1. The van der Waals surface area contributed by atoms with Gasteiger partial charge in [-0.15, -0.1) is 11.6 Å². The minimum atomic E-state index is -0.606. The normalized spacial score (nSPS) is 40.1.